The summed E-state index contributed by atoms with van der Waals surface area (Å²) in [6.07, 6.45) is 0.471. The van der Waals surface area contributed by atoms with Crippen LogP contribution in [0.4, 0.5) is 0 Å². The molecule has 0 saturated carbocycles. The normalized spacial score (nSPS) is 9.11. The van der Waals surface area contributed by atoms with Crippen molar-refractivity contribution in [2.75, 3.05) is 5.75 Å². The first-order valence-electron chi connectivity index (χ1n) is 2.01. The van der Waals surface area contributed by atoms with Crippen LogP contribution in [0.3, 0.4) is 0 Å². The van der Waals surface area contributed by atoms with Crippen molar-refractivity contribution in [1.29, 1.82) is 0 Å². The Morgan fingerprint density at radius 2 is 1.67 bits per heavy atom. The average Bonchev–Trinajstić information content (AvgIpc) is 1.30. The number of rotatable bonds is 2. The minimum absolute atomic E-state index is 0. The molecule has 0 heterocycles. The summed E-state index contributed by atoms with van der Waals surface area (Å²) < 4.78 is 27.6. The van der Waals surface area contributed by atoms with E-state index in [1.54, 1.807) is 6.92 Å². The third kappa shape index (κ3) is 18.1. The minimum Gasteiger partial charge on any atom is -0.412 e. The molecular formula is C3H12O5S. The summed E-state index contributed by atoms with van der Waals surface area (Å²) in [5.41, 5.74) is 0. The Labute approximate surface area is 54.1 Å². The molecule has 0 radical (unpaired) electrons. The maximum atomic E-state index is 9.79. The van der Waals surface area contributed by atoms with E-state index in [9.17, 15) is 8.42 Å². The van der Waals surface area contributed by atoms with Crippen LogP contribution in [0.2, 0.25) is 0 Å². The lowest BCUT2D eigenvalue weighted by molar-refractivity contribution is 0.482. The van der Waals surface area contributed by atoms with Gasteiger partial charge in [0.2, 0.25) is 0 Å². The highest BCUT2D eigenvalue weighted by Crippen LogP contribution is 1.83. The highest BCUT2D eigenvalue weighted by Gasteiger charge is 1.98. The third-order valence-electron chi connectivity index (χ3n) is 0.462. The van der Waals surface area contributed by atoms with Crippen molar-refractivity contribution in [2.45, 2.75) is 13.3 Å². The van der Waals surface area contributed by atoms with Crippen molar-refractivity contribution in [2.24, 2.45) is 0 Å². The van der Waals surface area contributed by atoms with Crippen molar-refractivity contribution in [1.82, 2.24) is 0 Å². The summed E-state index contributed by atoms with van der Waals surface area (Å²) in [5.74, 6) is -0.132. The van der Waals surface area contributed by atoms with Crippen LogP contribution >= 0.6 is 0 Å². The van der Waals surface area contributed by atoms with E-state index in [1.807, 2.05) is 0 Å². The van der Waals surface area contributed by atoms with E-state index in [1.165, 1.54) is 0 Å². The monoisotopic (exact) mass is 160 g/mol. The SMILES string of the molecule is CCCS(=O)(=O)O.O.O. The molecule has 0 aliphatic heterocycles. The summed E-state index contributed by atoms with van der Waals surface area (Å²) in [6.45, 7) is 1.69. The number of hydrogen-bond donors (Lipinski definition) is 1. The Morgan fingerprint density at radius 3 is 1.67 bits per heavy atom. The van der Waals surface area contributed by atoms with Gasteiger partial charge in [-0.2, -0.15) is 8.42 Å². The van der Waals surface area contributed by atoms with E-state index in [2.05, 4.69) is 0 Å². The van der Waals surface area contributed by atoms with Crippen LogP contribution in [0, 0.1) is 0 Å². The number of hydrogen-bond acceptors (Lipinski definition) is 2. The molecule has 0 aromatic rings. The molecule has 6 heteroatoms. The molecule has 0 aliphatic carbocycles. The van der Waals surface area contributed by atoms with E-state index < -0.39 is 10.1 Å². The van der Waals surface area contributed by atoms with Crippen molar-refractivity contribution >= 4 is 10.1 Å². The van der Waals surface area contributed by atoms with Gasteiger partial charge in [0.05, 0.1) is 5.75 Å². The van der Waals surface area contributed by atoms with Crippen LogP contribution in [-0.2, 0) is 10.1 Å². The summed E-state index contributed by atoms with van der Waals surface area (Å²) >= 11 is 0. The van der Waals surface area contributed by atoms with Crippen molar-refractivity contribution < 1.29 is 23.9 Å². The van der Waals surface area contributed by atoms with Gasteiger partial charge in [-0.05, 0) is 6.42 Å². The summed E-state index contributed by atoms with van der Waals surface area (Å²) in [4.78, 5) is 0. The molecule has 9 heavy (non-hydrogen) atoms. The third-order valence-corrected chi connectivity index (χ3v) is 1.39. The van der Waals surface area contributed by atoms with E-state index in [0.29, 0.717) is 6.42 Å². The summed E-state index contributed by atoms with van der Waals surface area (Å²) in [6, 6.07) is 0. The summed E-state index contributed by atoms with van der Waals surface area (Å²) in [5, 5.41) is 0. The molecule has 5 nitrogen and oxygen atoms in total. The molecule has 60 valence electrons. The largest absolute Gasteiger partial charge is 0.412 e. The van der Waals surface area contributed by atoms with Crippen LogP contribution in [0.25, 0.3) is 0 Å². The molecule has 0 fully saturated rings. The van der Waals surface area contributed by atoms with E-state index in [0.717, 1.165) is 0 Å². The highest BCUT2D eigenvalue weighted by molar-refractivity contribution is 7.85. The fourth-order valence-electron chi connectivity index (χ4n) is 0.258. The lowest BCUT2D eigenvalue weighted by Crippen LogP contribution is -2.01. The lowest BCUT2D eigenvalue weighted by Gasteiger charge is -1.85. The van der Waals surface area contributed by atoms with Gasteiger partial charge in [-0.25, -0.2) is 0 Å². The van der Waals surface area contributed by atoms with Crippen molar-refractivity contribution in [3.05, 3.63) is 0 Å². The molecule has 0 aromatic carbocycles. The highest BCUT2D eigenvalue weighted by atomic mass is 32.2. The minimum atomic E-state index is -3.67. The molecule has 0 unspecified atom stereocenters. The molecule has 5 N–H and O–H groups in total. The van der Waals surface area contributed by atoms with Gasteiger partial charge in [0.15, 0.2) is 0 Å². The smallest absolute Gasteiger partial charge is 0.264 e. The second-order valence-electron chi connectivity index (χ2n) is 1.29. The quantitative estimate of drug-likeness (QED) is 0.502. The molecule has 0 atom stereocenters. The van der Waals surface area contributed by atoms with Gasteiger partial charge < -0.3 is 11.0 Å². The van der Waals surface area contributed by atoms with Gasteiger partial charge in [0.25, 0.3) is 10.1 Å². The van der Waals surface area contributed by atoms with E-state index in [4.69, 9.17) is 4.55 Å². The maximum Gasteiger partial charge on any atom is 0.264 e. The second-order valence-corrected chi connectivity index (χ2v) is 2.86. The molecular weight excluding hydrogens is 148 g/mol. The molecule has 0 bridgehead atoms. The Kier molecular flexibility index (Phi) is 10.5. The standard InChI is InChI=1S/C3H8O3S.2H2O/c1-2-3-7(4,5)6;;/h2-3H2,1H3,(H,4,5,6);2*1H2. The Morgan fingerprint density at radius 1 is 1.33 bits per heavy atom. The fourth-order valence-corrected chi connectivity index (χ4v) is 0.774. The zero-order valence-electron chi connectivity index (χ0n) is 5.09. The second kappa shape index (κ2) is 5.96. The molecule has 0 rings (SSSR count). The van der Waals surface area contributed by atoms with Crippen LogP contribution in [0.15, 0.2) is 0 Å². The van der Waals surface area contributed by atoms with Crippen LogP contribution in [0.5, 0.6) is 0 Å². The van der Waals surface area contributed by atoms with Gasteiger partial charge in [-0.15, -0.1) is 0 Å². The van der Waals surface area contributed by atoms with Gasteiger partial charge >= 0.3 is 0 Å². The van der Waals surface area contributed by atoms with Gasteiger partial charge in [0.1, 0.15) is 0 Å². The molecule has 0 aromatic heterocycles. The van der Waals surface area contributed by atoms with Crippen LogP contribution in [0.1, 0.15) is 13.3 Å². The predicted octanol–water partition coefficient (Wildman–Crippen LogP) is -1.37. The zero-order chi connectivity index (χ0) is 5.91. The van der Waals surface area contributed by atoms with Crippen molar-refractivity contribution in [3.63, 3.8) is 0 Å². The fraction of sp³-hybridized carbons (Fsp3) is 1.00. The van der Waals surface area contributed by atoms with E-state index in [-0.39, 0.29) is 16.7 Å². The Balaban J connectivity index is -0.000000180. The lowest BCUT2D eigenvalue weighted by atomic mass is 10.6. The zero-order valence-corrected chi connectivity index (χ0v) is 5.90. The maximum absolute atomic E-state index is 9.79. The van der Waals surface area contributed by atoms with Gasteiger partial charge in [-0.3, -0.25) is 4.55 Å². The first-order chi connectivity index (χ1) is 3.06. The van der Waals surface area contributed by atoms with Crippen LogP contribution < -0.4 is 0 Å². The first-order valence-corrected chi connectivity index (χ1v) is 3.62. The molecule has 0 spiro atoms. The van der Waals surface area contributed by atoms with Crippen LogP contribution in [-0.4, -0.2) is 29.7 Å². The summed E-state index contributed by atoms with van der Waals surface area (Å²) in [7, 11) is -3.67. The average molecular weight is 160 g/mol. The van der Waals surface area contributed by atoms with E-state index >= 15 is 0 Å². The molecule has 0 saturated heterocycles. The molecule has 0 amide bonds. The predicted molar refractivity (Wildman–Crippen MR) is 33.9 cm³/mol. The van der Waals surface area contributed by atoms with Crippen molar-refractivity contribution in [3.8, 4) is 0 Å². The Bertz CT molecular complexity index is 125. The topological polar surface area (TPSA) is 117 Å². The first kappa shape index (κ1) is 15.9. The molecule has 0 aliphatic rings. The van der Waals surface area contributed by atoms with Gasteiger partial charge in [-0.1, -0.05) is 6.92 Å². The van der Waals surface area contributed by atoms with Gasteiger partial charge in [0, 0.05) is 0 Å². The Hall–Kier alpha value is -0.170.